The Morgan fingerprint density at radius 2 is 2.12 bits per heavy atom. The van der Waals surface area contributed by atoms with Gasteiger partial charge in [0.1, 0.15) is 5.75 Å². The van der Waals surface area contributed by atoms with E-state index in [1.165, 1.54) is 5.56 Å². The minimum atomic E-state index is 0.100. The zero-order chi connectivity index (χ0) is 16.8. The van der Waals surface area contributed by atoms with Crippen molar-refractivity contribution in [1.82, 2.24) is 10.2 Å². The molecule has 2 atom stereocenters. The third-order valence-corrected chi connectivity index (χ3v) is 4.84. The number of nitrogens with zero attached hydrogens (tertiary/aromatic N) is 1. The number of amides is 1. The lowest BCUT2D eigenvalue weighted by Gasteiger charge is -2.24. The first-order valence-corrected chi connectivity index (χ1v) is 9.11. The molecular formula is C19H28N2O3. The standard InChI is InChI=1S/C19H28N2O3/c1-2-23-16-9-7-15(8-10-16)18-6-3-11-21(18)14-19(22)20-13-17-5-4-12-24-17/h7-10,17-18H,2-6,11-14H2,1H3,(H,20,22). The summed E-state index contributed by atoms with van der Waals surface area (Å²) >= 11 is 0. The van der Waals surface area contributed by atoms with E-state index in [4.69, 9.17) is 9.47 Å². The first-order valence-electron chi connectivity index (χ1n) is 9.11. The molecule has 2 saturated heterocycles. The third kappa shape index (κ3) is 4.48. The topological polar surface area (TPSA) is 50.8 Å². The van der Waals surface area contributed by atoms with Crippen LogP contribution in [0.3, 0.4) is 0 Å². The van der Waals surface area contributed by atoms with E-state index in [0.29, 0.717) is 25.7 Å². The van der Waals surface area contributed by atoms with Crippen LogP contribution in [0.2, 0.25) is 0 Å². The van der Waals surface area contributed by atoms with Crippen molar-refractivity contribution >= 4 is 5.91 Å². The van der Waals surface area contributed by atoms with Crippen molar-refractivity contribution in [3.05, 3.63) is 29.8 Å². The molecule has 2 aliphatic heterocycles. The fourth-order valence-electron chi connectivity index (χ4n) is 3.62. The van der Waals surface area contributed by atoms with Crippen LogP contribution in [-0.4, -0.2) is 49.8 Å². The Balaban J connectivity index is 1.51. The smallest absolute Gasteiger partial charge is 0.234 e. The minimum Gasteiger partial charge on any atom is -0.494 e. The second-order valence-electron chi connectivity index (χ2n) is 6.57. The van der Waals surface area contributed by atoms with Crippen molar-refractivity contribution in [1.29, 1.82) is 0 Å². The quantitative estimate of drug-likeness (QED) is 0.833. The van der Waals surface area contributed by atoms with Gasteiger partial charge in [-0.25, -0.2) is 0 Å². The van der Waals surface area contributed by atoms with Gasteiger partial charge in [0.05, 0.1) is 19.3 Å². The molecule has 0 spiro atoms. The zero-order valence-electron chi connectivity index (χ0n) is 14.5. The minimum absolute atomic E-state index is 0.100. The molecule has 5 nitrogen and oxygen atoms in total. The molecule has 1 aromatic carbocycles. The predicted molar refractivity (Wildman–Crippen MR) is 93.1 cm³/mol. The fourth-order valence-corrected chi connectivity index (χ4v) is 3.62. The van der Waals surface area contributed by atoms with Gasteiger partial charge in [-0.1, -0.05) is 12.1 Å². The average Bonchev–Trinajstić information content (AvgIpc) is 3.26. The van der Waals surface area contributed by atoms with E-state index in [0.717, 1.165) is 44.6 Å². The molecular weight excluding hydrogens is 304 g/mol. The fraction of sp³-hybridized carbons (Fsp3) is 0.632. The van der Waals surface area contributed by atoms with E-state index in [-0.39, 0.29) is 12.0 Å². The molecule has 132 valence electrons. The Hall–Kier alpha value is -1.59. The van der Waals surface area contributed by atoms with Crippen LogP contribution in [0.4, 0.5) is 0 Å². The van der Waals surface area contributed by atoms with E-state index in [1.54, 1.807) is 0 Å². The van der Waals surface area contributed by atoms with Gasteiger partial charge in [0.25, 0.3) is 0 Å². The maximum Gasteiger partial charge on any atom is 0.234 e. The summed E-state index contributed by atoms with van der Waals surface area (Å²) in [5.74, 6) is 1.00. The summed E-state index contributed by atoms with van der Waals surface area (Å²) in [4.78, 5) is 14.5. The van der Waals surface area contributed by atoms with Gasteiger partial charge in [0.2, 0.25) is 5.91 Å². The molecule has 0 aliphatic carbocycles. The monoisotopic (exact) mass is 332 g/mol. The van der Waals surface area contributed by atoms with Crippen LogP contribution in [0, 0.1) is 0 Å². The summed E-state index contributed by atoms with van der Waals surface area (Å²) in [5.41, 5.74) is 1.27. The summed E-state index contributed by atoms with van der Waals surface area (Å²) in [5, 5.41) is 3.02. The van der Waals surface area contributed by atoms with Gasteiger partial charge in [0.15, 0.2) is 0 Å². The van der Waals surface area contributed by atoms with Gasteiger partial charge in [-0.05, 0) is 56.8 Å². The van der Waals surface area contributed by atoms with Crippen molar-refractivity contribution in [2.75, 3.05) is 32.8 Å². The SMILES string of the molecule is CCOc1ccc(C2CCCN2CC(=O)NCC2CCCO2)cc1. The lowest BCUT2D eigenvalue weighted by atomic mass is 10.0. The Morgan fingerprint density at radius 1 is 1.29 bits per heavy atom. The highest BCUT2D eigenvalue weighted by Gasteiger charge is 2.27. The molecule has 1 N–H and O–H groups in total. The van der Waals surface area contributed by atoms with Crippen LogP contribution in [0.1, 0.15) is 44.2 Å². The normalized spacial score (nSPS) is 24.2. The Bertz CT molecular complexity index is 526. The summed E-state index contributed by atoms with van der Waals surface area (Å²) in [7, 11) is 0. The number of nitrogens with one attached hydrogen (secondary N) is 1. The number of rotatable bonds is 7. The lowest BCUT2D eigenvalue weighted by molar-refractivity contribution is -0.123. The first-order chi connectivity index (χ1) is 11.8. The largest absolute Gasteiger partial charge is 0.494 e. The number of benzene rings is 1. The molecule has 1 aromatic rings. The number of hydrogen-bond acceptors (Lipinski definition) is 4. The second-order valence-corrected chi connectivity index (χ2v) is 6.57. The second kappa shape index (κ2) is 8.49. The molecule has 1 amide bonds. The molecule has 2 aliphatic rings. The number of likely N-dealkylation sites (tertiary alicyclic amines) is 1. The van der Waals surface area contributed by atoms with Gasteiger partial charge in [0, 0.05) is 19.2 Å². The molecule has 0 radical (unpaired) electrons. The van der Waals surface area contributed by atoms with Gasteiger partial charge in [-0.15, -0.1) is 0 Å². The third-order valence-electron chi connectivity index (χ3n) is 4.84. The van der Waals surface area contributed by atoms with E-state index < -0.39 is 0 Å². The Morgan fingerprint density at radius 3 is 2.83 bits per heavy atom. The maximum absolute atomic E-state index is 12.2. The summed E-state index contributed by atoms with van der Waals surface area (Å²) in [6.07, 6.45) is 4.60. The van der Waals surface area contributed by atoms with Crippen molar-refractivity contribution in [3.63, 3.8) is 0 Å². The molecule has 0 saturated carbocycles. The highest BCUT2D eigenvalue weighted by molar-refractivity contribution is 5.78. The average molecular weight is 332 g/mol. The van der Waals surface area contributed by atoms with Crippen LogP contribution in [0.5, 0.6) is 5.75 Å². The molecule has 2 fully saturated rings. The zero-order valence-corrected chi connectivity index (χ0v) is 14.5. The van der Waals surface area contributed by atoms with Crippen molar-refractivity contribution in [3.8, 4) is 5.75 Å². The predicted octanol–water partition coefficient (Wildman–Crippen LogP) is 2.52. The van der Waals surface area contributed by atoms with Crippen LogP contribution in [-0.2, 0) is 9.53 Å². The van der Waals surface area contributed by atoms with Crippen molar-refractivity contribution in [2.45, 2.75) is 44.8 Å². The molecule has 0 aromatic heterocycles. The first kappa shape index (κ1) is 17.2. The highest BCUT2D eigenvalue weighted by Crippen LogP contribution is 2.32. The van der Waals surface area contributed by atoms with Crippen molar-refractivity contribution < 1.29 is 14.3 Å². The van der Waals surface area contributed by atoms with Gasteiger partial charge in [-0.3, -0.25) is 9.69 Å². The summed E-state index contributed by atoms with van der Waals surface area (Å²) < 4.78 is 11.1. The Kier molecular flexibility index (Phi) is 6.10. The van der Waals surface area contributed by atoms with Crippen LogP contribution >= 0.6 is 0 Å². The van der Waals surface area contributed by atoms with E-state index in [9.17, 15) is 4.79 Å². The van der Waals surface area contributed by atoms with Gasteiger partial charge >= 0.3 is 0 Å². The molecule has 2 heterocycles. The van der Waals surface area contributed by atoms with Crippen LogP contribution in [0.25, 0.3) is 0 Å². The van der Waals surface area contributed by atoms with Crippen molar-refractivity contribution in [2.24, 2.45) is 0 Å². The number of carbonyl (C=O) groups excluding carboxylic acids is 1. The lowest BCUT2D eigenvalue weighted by Crippen LogP contribution is -2.39. The molecule has 2 unspecified atom stereocenters. The summed E-state index contributed by atoms with van der Waals surface area (Å²) in [6.45, 7) is 5.57. The number of hydrogen-bond donors (Lipinski definition) is 1. The van der Waals surface area contributed by atoms with Crippen LogP contribution in [0.15, 0.2) is 24.3 Å². The molecule has 0 bridgehead atoms. The molecule has 24 heavy (non-hydrogen) atoms. The Labute approximate surface area is 144 Å². The van der Waals surface area contributed by atoms with E-state index in [2.05, 4.69) is 22.3 Å². The summed E-state index contributed by atoms with van der Waals surface area (Å²) in [6, 6.07) is 8.62. The van der Waals surface area contributed by atoms with Crippen LogP contribution < -0.4 is 10.1 Å². The van der Waals surface area contributed by atoms with E-state index in [1.807, 2.05) is 19.1 Å². The van der Waals surface area contributed by atoms with Gasteiger partial charge in [-0.2, -0.15) is 0 Å². The molecule has 5 heteroatoms. The van der Waals surface area contributed by atoms with Gasteiger partial charge < -0.3 is 14.8 Å². The highest BCUT2D eigenvalue weighted by atomic mass is 16.5. The number of ether oxygens (including phenoxy) is 2. The maximum atomic E-state index is 12.2. The molecule has 3 rings (SSSR count). The van der Waals surface area contributed by atoms with E-state index >= 15 is 0 Å². The number of carbonyl (C=O) groups is 1.